The van der Waals surface area contributed by atoms with Gasteiger partial charge in [-0.25, -0.2) is 0 Å². The molecule has 5 heteroatoms. The average Bonchev–Trinajstić information content (AvgIpc) is 2.39. The quantitative estimate of drug-likeness (QED) is 0.664. The lowest BCUT2D eigenvalue weighted by Crippen LogP contribution is -2.13. The van der Waals surface area contributed by atoms with Gasteiger partial charge in [-0.15, -0.1) is 0 Å². The minimum absolute atomic E-state index is 0.668. The molecule has 0 unspecified atom stereocenters. The summed E-state index contributed by atoms with van der Waals surface area (Å²) in [7, 11) is 3.64. The van der Waals surface area contributed by atoms with Crippen LogP contribution in [0.25, 0.3) is 0 Å². The van der Waals surface area contributed by atoms with Crippen LogP contribution in [0, 0.1) is 0 Å². The molecule has 1 aromatic rings. The molecule has 0 aliphatic rings. The maximum absolute atomic E-state index is 6.17. The Bertz CT molecular complexity index is 410. The van der Waals surface area contributed by atoms with Crippen LogP contribution in [-0.2, 0) is 5.75 Å². The summed E-state index contributed by atoms with van der Waals surface area (Å²) < 4.78 is 5.53. The lowest BCUT2D eigenvalue weighted by atomic mass is 10.2. The number of hydrogen-bond acceptors (Lipinski definition) is 3. The van der Waals surface area contributed by atoms with Crippen LogP contribution in [0.3, 0.4) is 0 Å². The standard InChI is InChI=1S/C13H19ClN2OS/c1-4-7-17-12-6-5-10(8-11(12)14)9-18-13(15-2)16-3/h5-6,8H,4,7,9H2,1-3H3,(H,15,16). The smallest absolute Gasteiger partial charge is 0.156 e. The van der Waals surface area contributed by atoms with Crippen molar-refractivity contribution in [1.29, 1.82) is 0 Å². The number of thioether (sulfide) groups is 1. The Morgan fingerprint density at radius 2 is 2.28 bits per heavy atom. The van der Waals surface area contributed by atoms with Crippen LogP contribution in [0.5, 0.6) is 5.75 Å². The number of halogens is 1. The molecule has 0 bridgehead atoms. The normalized spacial score (nSPS) is 11.4. The van der Waals surface area contributed by atoms with Crippen molar-refractivity contribution in [3.05, 3.63) is 28.8 Å². The molecule has 3 nitrogen and oxygen atoms in total. The van der Waals surface area contributed by atoms with E-state index < -0.39 is 0 Å². The largest absolute Gasteiger partial charge is 0.492 e. The first-order valence-electron chi connectivity index (χ1n) is 5.89. The van der Waals surface area contributed by atoms with Gasteiger partial charge in [0.1, 0.15) is 5.75 Å². The number of benzene rings is 1. The van der Waals surface area contributed by atoms with E-state index in [1.165, 1.54) is 0 Å². The summed E-state index contributed by atoms with van der Waals surface area (Å²) in [6, 6.07) is 5.91. The van der Waals surface area contributed by atoms with Gasteiger partial charge in [0.15, 0.2) is 5.17 Å². The van der Waals surface area contributed by atoms with Crippen molar-refractivity contribution in [3.8, 4) is 5.75 Å². The number of rotatable bonds is 5. The lowest BCUT2D eigenvalue weighted by molar-refractivity contribution is 0.317. The van der Waals surface area contributed by atoms with Crippen LogP contribution < -0.4 is 10.1 Å². The molecule has 0 aliphatic heterocycles. The first kappa shape index (κ1) is 15.2. The van der Waals surface area contributed by atoms with E-state index in [0.29, 0.717) is 11.6 Å². The zero-order valence-electron chi connectivity index (χ0n) is 11.0. The summed E-state index contributed by atoms with van der Waals surface area (Å²) in [5.41, 5.74) is 1.16. The molecule has 0 atom stereocenters. The first-order valence-corrected chi connectivity index (χ1v) is 7.26. The summed E-state index contributed by atoms with van der Waals surface area (Å²) in [5.74, 6) is 1.59. The molecule has 1 aromatic carbocycles. The summed E-state index contributed by atoms with van der Waals surface area (Å²) in [5, 5.41) is 4.61. The van der Waals surface area contributed by atoms with Crippen molar-refractivity contribution >= 4 is 28.5 Å². The minimum atomic E-state index is 0.668. The first-order chi connectivity index (χ1) is 8.71. The summed E-state index contributed by atoms with van der Waals surface area (Å²) in [6.07, 6.45) is 0.979. The van der Waals surface area contributed by atoms with Crippen LogP contribution in [0.4, 0.5) is 0 Å². The van der Waals surface area contributed by atoms with E-state index in [9.17, 15) is 0 Å². The van der Waals surface area contributed by atoms with Crippen molar-refractivity contribution in [3.63, 3.8) is 0 Å². The number of ether oxygens (including phenoxy) is 1. The highest BCUT2D eigenvalue weighted by Crippen LogP contribution is 2.27. The van der Waals surface area contributed by atoms with E-state index in [1.807, 2.05) is 25.2 Å². The topological polar surface area (TPSA) is 33.6 Å². The molecular weight excluding hydrogens is 268 g/mol. The zero-order chi connectivity index (χ0) is 13.4. The number of nitrogens with zero attached hydrogens (tertiary/aromatic N) is 1. The van der Waals surface area contributed by atoms with Gasteiger partial charge in [0.05, 0.1) is 11.6 Å². The van der Waals surface area contributed by atoms with E-state index in [0.717, 1.165) is 28.7 Å². The molecule has 1 rings (SSSR count). The van der Waals surface area contributed by atoms with Gasteiger partial charge in [-0.2, -0.15) is 0 Å². The summed E-state index contributed by atoms with van der Waals surface area (Å²) in [4.78, 5) is 4.11. The second kappa shape index (κ2) is 8.27. The van der Waals surface area contributed by atoms with Crippen LogP contribution in [0.2, 0.25) is 5.02 Å². The predicted molar refractivity (Wildman–Crippen MR) is 81.0 cm³/mol. The number of hydrogen-bond donors (Lipinski definition) is 1. The molecule has 1 N–H and O–H groups in total. The summed E-state index contributed by atoms with van der Waals surface area (Å²) in [6.45, 7) is 2.77. The molecule has 0 spiro atoms. The molecule has 0 aromatic heterocycles. The third-order valence-corrected chi connectivity index (χ3v) is 3.68. The molecule has 0 amide bonds. The molecule has 0 radical (unpaired) electrons. The highest BCUT2D eigenvalue weighted by molar-refractivity contribution is 8.13. The number of nitrogens with one attached hydrogen (secondary N) is 1. The molecule has 0 fully saturated rings. The maximum Gasteiger partial charge on any atom is 0.156 e. The average molecular weight is 287 g/mol. The Labute approximate surface area is 118 Å². The Hall–Kier alpha value is -0.870. The van der Waals surface area contributed by atoms with Crippen molar-refractivity contribution in [2.75, 3.05) is 20.7 Å². The van der Waals surface area contributed by atoms with E-state index in [-0.39, 0.29) is 0 Å². The fraction of sp³-hybridized carbons (Fsp3) is 0.462. The third-order valence-electron chi connectivity index (χ3n) is 2.25. The SMILES string of the molecule is CCCOc1ccc(CSC(=NC)NC)cc1Cl. The van der Waals surface area contributed by atoms with Gasteiger partial charge in [0.25, 0.3) is 0 Å². The van der Waals surface area contributed by atoms with Gasteiger partial charge in [0.2, 0.25) is 0 Å². The van der Waals surface area contributed by atoms with E-state index in [4.69, 9.17) is 16.3 Å². The number of amidine groups is 1. The Morgan fingerprint density at radius 1 is 1.50 bits per heavy atom. The summed E-state index contributed by atoms with van der Waals surface area (Å²) >= 11 is 7.81. The van der Waals surface area contributed by atoms with Crippen LogP contribution in [0.1, 0.15) is 18.9 Å². The second-order valence-electron chi connectivity index (χ2n) is 3.68. The Kier molecular flexibility index (Phi) is 6.98. The molecule has 0 heterocycles. The zero-order valence-corrected chi connectivity index (χ0v) is 12.6. The van der Waals surface area contributed by atoms with E-state index in [1.54, 1.807) is 18.8 Å². The van der Waals surface area contributed by atoms with Gasteiger partial charge in [-0.1, -0.05) is 36.4 Å². The molecule has 0 saturated heterocycles. The molecule has 100 valence electrons. The fourth-order valence-corrected chi connectivity index (χ4v) is 2.38. The van der Waals surface area contributed by atoms with Crippen molar-refractivity contribution in [2.24, 2.45) is 4.99 Å². The van der Waals surface area contributed by atoms with Crippen molar-refractivity contribution in [2.45, 2.75) is 19.1 Å². The van der Waals surface area contributed by atoms with Gasteiger partial charge in [-0.05, 0) is 24.1 Å². The molecule has 18 heavy (non-hydrogen) atoms. The predicted octanol–water partition coefficient (Wildman–Crippen LogP) is 3.57. The Balaban J connectivity index is 2.61. The van der Waals surface area contributed by atoms with Gasteiger partial charge < -0.3 is 10.1 Å². The van der Waals surface area contributed by atoms with Crippen LogP contribution >= 0.6 is 23.4 Å². The van der Waals surface area contributed by atoms with E-state index >= 15 is 0 Å². The lowest BCUT2D eigenvalue weighted by Gasteiger charge is -2.09. The van der Waals surface area contributed by atoms with Crippen LogP contribution in [0.15, 0.2) is 23.2 Å². The minimum Gasteiger partial charge on any atom is -0.492 e. The highest BCUT2D eigenvalue weighted by Gasteiger charge is 2.04. The van der Waals surface area contributed by atoms with Gasteiger partial charge in [-0.3, -0.25) is 4.99 Å². The van der Waals surface area contributed by atoms with Crippen molar-refractivity contribution < 1.29 is 4.74 Å². The maximum atomic E-state index is 6.17. The highest BCUT2D eigenvalue weighted by atomic mass is 35.5. The Morgan fingerprint density at radius 3 is 2.83 bits per heavy atom. The molecular formula is C13H19ClN2OS. The number of aliphatic imine (C=N–C) groups is 1. The second-order valence-corrected chi connectivity index (χ2v) is 5.05. The third kappa shape index (κ3) is 4.78. The molecule has 0 aliphatic carbocycles. The van der Waals surface area contributed by atoms with Crippen molar-refractivity contribution in [1.82, 2.24) is 5.32 Å². The molecule has 0 saturated carbocycles. The fourth-order valence-electron chi connectivity index (χ4n) is 1.36. The monoisotopic (exact) mass is 286 g/mol. The van der Waals surface area contributed by atoms with E-state index in [2.05, 4.69) is 17.2 Å². The van der Waals surface area contributed by atoms with Gasteiger partial charge >= 0.3 is 0 Å². The van der Waals surface area contributed by atoms with Gasteiger partial charge in [0, 0.05) is 19.8 Å². The van der Waals surface area contributed by atoms with Crippen LogP contribution in [-0.4, -0.2) is 25.9 Å².